The SMILES string of the molecule is CC(C)(C)OC(=O)N1CCN(c2ccc(Nc3ccc(-c4cc5c(N6CCOCC6)ncnc5n4COCC[Si](C)(C)C)cc3)cn2)CC1. The topological polar surface area (TPSA) is 110 Å². The van der Waals surface area contributed by atoms with Gasteiger partial charge in [0.1, 0.15) is 35.9 Å². The van der Waals surface area contributed by atoms with E-state index in [2.05, 4.69) is 69.7 Å². The van der Waals surface area contributed by atoms with Crippen LogP contribution in [0.15, 0.2) is 55.0 Å². The van der Waals surface area contributed by atoms with Gasteiger partial charge in [0.25, 0.3) is 0 Å². The number of amides is 1. The number of piperazine rings is 1. The van der Waals surface area contributed by atoms with E-state index in [0.29, 0.717) is 46.1 Å². The van der Waals surface area contributed by atoms with Crippen molar-refractivity contribution in [3.05, 3.63) is 55.0 Å². The van der Waals surface area contributed by atoms with Gasteiger partial charge < -0.3 is 38.8 Å². The maximum absolute atomic E-state index is 12.4. The van der Waals surface area contributed by atoms with Crippen LogP contribution in [0.4, 0.5) is 27.8 Å². The molecule has 2 aliphatic rings. The molecule has 4 aromatic rings. The Balaban J connectivity index is 1.14. The molecule has 0 atom stereocenters. The number of anilines is 4. The van der Waals surface area contributed by atoms with Gasteiger partial charge in [-0.25, -0.2) is 19.7 Å². The molecule has 0 aliphatic carbocycles. The van der Waals surface area contributed by atoms with Crippen LogP contribution in [-0.2, 0) is 20.9 Å². The summed E-state index contributed by atoms with van der Waals surface area (Å²) < 4.78 is 19.6. The van der Waals surface area contributed by atoms with Gasteiger partial charge in [0.15, 0.2) is 0 Å². The molecule has 5 heterocycles. The molecule has 1 aromatic carbocycles. The molecule has 0 bridgehead atoms. The third kappa shape index (κ3) is 8.89. The van der Waals surface area contributed by atoms with Crippen molar-refractivity contribution >= 4 is 48.2 Å². The Bertz CT molecular complexity index is 1700. The third-order valence-electron chi connectivity index (χ3n) is 8.67. The van der Waals surface area contributed by atoms with Crippen LogP contribution in [0, 0.1) is 0 Å². The number of benzene rings is 1. The zero-order valence-corrected chi connectivity index (χ0v) is 30.7. The molecule has 2 fully saturated rings. The van der Waals surface area contributed by atoms with Gasteiger partial charge >= 0.3 is 6.09 Å². The van der Waals surface area contributed by atoms with Crippen LogP contribution in [-0.4, -0.2) is 103 Å². The molecule has 2 saturated heterocycles. The molecular weight excluding hydrogens is 637 g/mol. The molecule has 3 aromatic heterocycles. The van der Waals surface area contributed by atoms with Crippen molar-refractivity contribution in [1.29, 1.82) is 0 Å². The van der Waals surface area contributed by atoms with Crippen molar-refractivity contribution in [2.45, 2.75) is 58.8 Å². The highest BCUT2D eigenvalue weighted by Crippen LogP contribution is 2.33. The standard InChI is InChI=1S/C36H50N8O4Si/c1-36(2,3)48-35(45)43-15-13-41(14-16-43)32-12-11-29(24-37-32)40-28-9-7-27(8-10-28)31-23-30-33(42-17-19-46-20-18-42)38-25-39-34(30)44(31)26-47-21-22-49(4,5)6/h7-12,23-25,40H,13-22,26H2,1-6H3. The summed E-state index contributed by atoms with van der Waals surface area (Å²) in [6.07, 6.45) is 3.25. The van der Waals surface area contributed by atoms with E-state index in [9.17, 15) is 4.79 Å². The largest absolute Gasteiger partial charge is 0.444 e. The number of carbonyl (C=O) groups excluding carboxylic acids is 1. The lowest BCUT2D eigenvalue weighted by Gasteiger charge is -2.36. The van der Waals surface area contributed by atoms with Crippen LogP contribution < -0.4 is 15.1 Å². The highest BCUT2D eigenvalue weighted by Gasteiger charge is 2.26. The number of nitrogens with one attached hydrogen (secondary N) is 1. The molecule has 1 N–H and O–H groups in total. The van der Waals surface area contributed by atoms with Crippen LogP contribution in [0.3, 0.4) is 0 Å². The number of rotatable bonds is 10. The van der Waals surface area contributed by atoms with E-state index >= 15 is 0 Å². The number of pyridine rings is 1. The lowest BCUT2D eigenvalue weighted by Crippen LogP contribution is -2.50. The highest BCUT2D eigenvalue weighted by molar-refractivity contribution is 6.76. The summed E-state index contributed by atoms with van der Waals surface area (Å²) in [5, 5.41) is 4.51. The molecule has 49 heavy (non-hydrogen) atoms. The first-order chi connectivity index (χ1) is 23.4. The van der Waals surface area contributed by atoms with Crippen molar-refractivity contribution in [3.63, 3.8) is 0 Å². The summed E-state index contributed by atoms with van der Waals surface area (Å²) >= 11 is 0. The summed E-state index contributed by atoms with van der Waals surface area (Å²) in [7, 11) is -1.22. The Morgan fingerprint density at radius 1 is 0.898 bits per heavy atom. The Morgan fingerprint density at radius 3 is 2.27 bits per heavy atom. The average molecular weight is 687 g/mol. The maximum atomic E-state index is 12.4. The van der Waals surface area contributed by atoms with Gasteiger partial charge in [0.05, 0.1) is 36.2 Å². The number of ether oxygens (including phenoxy) is 3. The first-order valence-corrected chi connectivity index (χ1v) is 21.0. The number of hydrogen-bond acceptors (Lipinski definition) is 10. The van der Waals surface area contributed by atoms with Crippen molar-refractivity contribution in [2.24, 2.45) is 0 Å². The Kier molecular flexibility index (Phi) is 10.4. The van der Waals surface area contributed by atoms with Gasteiger partial charge in [0.2, 0.25) is 0 Å². The molecular formula is C36H50N8O4Si. The van der Waals surface area contributed by atoms with E-state index in [1.165, 1.54) is 0 Å². The number of aromatic nitrogens is 4. The van der Waals surface area contributed by atoms with Crippen molar-refractivity contribution in [3.8, 4) is 11.3 Å². The quantitative estimate of drug-likeness (QED) is 0.148. The lowest BCUT2D eigenvalue weighted by atomic mass is 10.1. The molecule has 1 amide bonds. The van der Waals surface area contributed by atoms with Crippen molar-refractivity contribution in [1.82, 2.24) is 24.4 Å². The maximum Gasteiger partial charge on any atom is 0.410 e. The Morgan fingerprint density at radius 2 is 1.61 bits per heavy atom. The fourth-order valence-electron chi connectivity index (χ4n) is 5.96. The van der Waals surface area contributed by atoms with Crippen LogP contribution in [0.1, 0.15) is 20.8 Å². The summed E-state index contributed by atoms with van der Waals surface area (Å²) in [4.78, 5) is 32.8. The van der Waals surface area contributed by atoms with E-state index < -0.39 is 13.7 Å². The van der Waals surface area contributed by atoms with Gasteiger partial charge in [-0.3, -0.25) is 0 Å². The van der Waals surface area contributed by atoms with Crippen molar-refractivity contribution < 1.29 is 19.0 Å². The van der Waals surface area contributed by atoms with E-state index in [0.717, 1.165) is 71.0 Å². The van der Waals surface area contributed by atoms with Crippen LogP contribution in [0.5, 0.6) is 0 Å². The molecule has 0 saturated carbocycles. The molecule has 12 nitrogen and oxygen atoms in total. The fourth-order valence-corrected chi connectivity index (χ4v) is 6.72. The molecule has 262 valence electrons. The zero-order valence-electron chi connectivity index (χ0n) is 29.7. The van der Waals surface area contributed by atoms with Crippen LogP contribution in [0.2, 0.25) is 25.7 Å². The van der Waals surface area contributed by atoms with E-state index in [-0.39, 0.29) is 6.09 Å². The van der Waals surface area contributed by atoms with Crippen LogP contribution >= 0.6 is 0 Å². The summed E-state index contributed by atoms with van der Waals surface area (Å²) in [6.45, 7) is 19.5. The molecule has 2 aliphatic heterocycles. The second-order valence-electron chi connectivity index (χ2n) is 14.9. The molecule has 0 radical (unpaired) electrons. The second-order valence-corrected chi connectivity index (χ2v) is 20.5. The number of hydrogen-bond donors (Lipinski definition) is 1. The smallest absolute Gasteiger partial charge is 0.410 e. The van der Waals surface area contributed by atoms with Gasteiger partial charge in [-0.2, -0.15) is 0 Å². The minimum absolute atomic E-state index is 0.260. The number of nitrogens with zero attached hydrogens (tertiary/aromatic N) is 7. The van der Waals surface area contributed by atoms with E-state index in [4.69, 9.17) is 29.2 Å². The van der Waals surface area contributed by atoms with Gasteiger partial charge in [-0.05, 0) is 62.7 Å². The molecule has 6 rings (SSSR count). The Hall–Kier alpha value is -4.20. The van der Waals surface area contributed by atoms with Crippen LogP contribution in [0.25, 0.3) is 22.3 Å². The lowest BCUT2D eigenvalue weighted by molar-refractivity contribution is 0.0240. The number of fused-ring (bicyclic) bond motifs is 1. The normalized spacial score (nSPS) is 15.9. The number of carbonyl (C=O) groups is 1. The van der Waals surface area contributed by atoms with Gasteiger partial charge in [-0.15, -0.1) is 0 Å². The van der Waals surface area contributed by atoms with Gasteiger partial charge in [-0.1, -0.05) is 31.8 Å². The molecule has 0 spiro atoms. The zero-order chi connectivity index (χ0) is 34.6. The molecule has 13 heteroatoms. The average Bonchev–Trinajstić information content (AvgIpc) is 3.45. The first-order valence-electron chi connectivity index (χ1n) is 17.2. The van der Waals surface area contributed by atoms with Gasteiger partial charge in [0, 0.05) is 59.6 Å². The Labute approximate surface area is 290 Å². The summed E-state index contributed by atoms with van der Waals surface area (Å²) in [6, 6.07) is 15.8. The highest BCUT2D eigenvalue weighted by atomic mass is 28.3. The second kappa shape index (κ2) is 14.7. The predicted octanol–water partition coefficient (Wildman–Crippen LogP) is 6.44. The summed E-state index contributed by atoms with van der Waals surface area (Å²) in [5.74, 6) is 1.83. The third-order valence-corrected chi connectivity index (χ3v) is 10.4. The van der Waals surface area contributed by atoms with E-state index in [1.807, 2.05) is 39.1 Å². The predicted molar refractivity (Wildman–Crippen MR) is 198 cm³/mol. The first kappa shape index (κ1) is 34.7. The minimum atomic E-state index is -1.22. The summed E-state index contributed by atoms with van der Waals surface area (Å²) in [5.41, 5.74) is 4.36. The van der Waals surface area contributed by atoms with Crippen molar-refractivity contribution in [2.75, 3.05) is 74.2 Å². The minimum Gasteiger partial charge on any atom is -0.444 e. The fraction of sp³-hybridized carbons (Fsp3) is 0.500. The number of morpholine rings is 1. The van der Waals surface area contributed by atoms with E-state index in [1.54, 1.807) is 11.2 Å². The monoisotopic (exact) mass is 686 g/mol. The molecule has 0 unspecified atom stereocenters.